The van der Waals surface area contributed by atoms with E-state index in [-0.39, 0.29) is 24.9 Å². The van der Waals surface area contributed by atoms with Gasteiger partial charge < -0.3 is 14.4 Å². The van der Waals surface area contributed by atoms with Gasteiger partial charge in [-0.1, -0.05) is 23.2 Å². The van der Waals surface area contributed by atoms with Crippen LogP contribution in [0.3, 0.4) is 0 Å². The number of carbonyl (C=O) groups excluding carboxylic acids is 1. The van der Waals surface area contributed by atoms with Crippen molar-refractivity contribution in [2.24, 2.45) is 0 Å². The number of halogens is 5. The summed E-state index contributed by atoms with van der Waals surface area (Å²) in [6.45, 7) is 0.407. The SMILES string of the molecule is O=C(COc1ccc(Cl)cc1Cl)N1CCC(Oc2cc(C(F)(F)F)ccn2)C1. The molecule has 1 atom stereocenters. The summed E-state index contributed by atoms with van der Waals surface area (Å²) in [4.78, 5) is 17.6. The molecule has 150 valence electrons. The molecule has 1 saturated heterocycles. The molecule has 2 aromatic rings. The number of benzene rings is 1. The molecule has 1 fully saturated rings. The minimum absolute atomic E-state index is 0.127. The van der Waals surface area contributed by atoms with Crippen molar-refractivity contribution in [1.82, 2.24) is 9.88 Å². The highest BCUT2D eigenvalue weighted by Crippen LogP contribution is 2.31. The molecule has 0 saturated carbocycles. The van der Waals surface area contributed by atoms with Gasteiger partial charge in [0.1, 0.15) is 11.9 Å². The van der Waals surface area contributed by atoms with Gasteiger partial charge in [-0.05, 0) is 24.3 Å². The molecular formula is C18H15Cl2F3N2O3. The van der Waals surface area contributed by atoms with Gasteiger partial charge in [0.25, 0.3) is 5.91 Å². The molecule has 1 aromatic heterocycles. The number of likely N-dealkylation sites (tertiary alicyclic amines) is 1. The highest BCUT2D eigenvalue weighted by molar-refractivity contribution is 6.35. The smallest absolute Gasteiger partial charge is 0.416 e. The minimum Gasteiger partial charge on any atom is -0.482 e. The first kappa shape index (κ1) is 20.5. The zero-order valence-electron chi connectivity index (χ0n) is 14.4. The standard InChI is InChI=1S/C18H15Cl2F3N2O3/c19-12-1-2-15(14(20)8-12)27-10-17(26)25-6-4-13(9-25)28-16-7-11(3-5-24-16)18(21,22)23/h1-3,5,7-8,13H,4,6,9-10H2. The van der Waals surface area contributed by atoms with Crippen molar-refractivity contribution in [2.75, 3.05) is 19.7 Å². The summed E-state index contributed by atoms with van der Waals surface area (Å²) in [6.07, 6.45) is -3.40. The summed E-state index contributed by atoms with van der Waals surface area (Å²) in [5.41, 5.74) is -0.836. The van der Waals surface area contributed by atoms with Crippen molar-refractivity contribution < 1.29 is 27.4 Å². The molecule has 2 heterocycles. The predicted molar refractivity (Wildman–Crippen MR) is 96.8 cm³/mol. The van der Waals surface area contributed by atoms with Crippen molar-refractivity contribution >= 4 is 29.1 Å². The fourth-order valence-electron chi connectivity index (χ4n) is 2.69. The summed E-state index contributed by atoms with van der Waals surface area (Å²) < 4.78 is 49.2. The molecule has 1 aromatic carbocycles. The third kappa shape index (κ3) is 5.20. The molecule has 0 aliphatic carbocycles. The van der Waals surface area contributed by atoms with Gasteiger partial charge in [-0.2, -0.15) is 13.2 Å². The number of amides is 1. The van der Waals surface area contributed by atoms with E-state index in [1.54, 1.807) is 12.1 Å². The number of pyridine rings is 1. The number of carbonyl (C=O) groups is 1. The van der Waals surface area contributed by atoms with Crippen LogP contribution in [0.25, 0.3) is 0 Å². The first-order valence-corrected chi connectivity index (χ1v) is 9.03. The van der Waals surface area contributed by atoms with Gasteiger partial charge in [0.2, 0.25) is 5.88 Å². The van der Waals surface area contributed by atoms with Crippen LogP contribution in [-0.2, 0) is 11.0 Å². The van der Waals surface area contributed by atoms with Crippen molar-refractivity contribution in [3.8, 4) is 11.6 Å². The summed E-state index contributed by atoms with van der Waals surface area (Å²) in [5.74, 6) is -0.0768. The molecule has 1 unspecified atom stereocenters. The molecule has 5 nitrogen and oxygen atoms in total. The highest BCUT2D eigenvalue weighted by atomic mass is 35.5. The molecule has 28 heavy (non-hydrogen) atoms. The Hall–Kier alpha value is -2.19. The van der Waals surface area contributed by atoms with Crippen LogP contribution in [0.1, 0.15) is 12.0 Å². The average Bonchev–Trinajstić information content (AvgIpc) is 3.09. The topological polar surface area (TPSA) is 51.7 Å². The Kier molecular flexibility index (Phi) is 6.20. The number of alkyl halides is 3. The summed E-state index contributed by atoms with van der Waals surface area (Å²) in [5, 5.41) is 0.741. The van der Waals surface area contributed by atoms with Crippen LogP contribution in [0.2, 0.25) is 10.0 Å². The molecule has 0 N–H and O–H groups in total. The molecule has 0 spiro atoms. The largest absolute Gasteiger partial charge is 0.482 e. The van der Waals surface area contributed by atoms with E-state index in [0.29, 0.717) is 28.8 Å². The zero-order valence-corrected chi connectivity index (χ0v) is 15.9. The van der Waals surface area contributed by atoms with Gasteiger partial charge in [0.15, 0.2) is 6.61 Å². The van der Waals surface area contributed by atoms with Crippen molar-refractivity contribution in [1.29, 1.82) is 0 Å². The second kappa shape index (κ2) is 8.45. The van der Waals surface area contributed by atoms with Gasteiger partial charge in [0.05, 0.1) is 17.1 Å². The van der Waals surface area contributed by atoms with Crippen LogP contribution in [-0.4, -0.2) is 41.6 Å². The van der Waals surface area contributed by atoms with Crippen molar-refractivity contribution in [3.63, 3.8) is 0 Å². The number of aromatic nitrogens is 1. The maximum atomic E-state index is 12.8. The van der Waals surface area contributed by atoms with E-state index in [9.17, 15) is 18.0 Å². The minimum atomic E-state index is -4.47. The molecular weight excluding hydrogens is 420 g/mol. The Morgan fingerprint density at radius 2 is 2.04 bits per heavy atom. The van der Waals surface area contributed by atoms with Crippen LogP contribution in [0.4, 0.5) is 13.2 Å². The first-order valence-electron chi connectivity index (χ1n) is 8.28. The summed E-state index contributed by atoms with van der Waals surface area (Å²) in [7, 11) is 0. The predicted octanol–water partition coefficient (Wildman–Crippen LogP) is 4.47. The second-order valence-electron chi connectivity index (χ2n) is 6.11. The second-order valence-corrected chi connectivity index (χ2v) is 6.96. The van der Waals surface area contributed by atoms with Crippen LogP contribution >= 0.6 is 23.2 Å². The van der Waals surface area contributed by atoms with Crippen LogP contribution in [0, 0.1) is 0 Å². The fraction of sp³-hybridized carbons (Fsp3) is 0.333. The van der Waals surface area contributed by atoms with Gasteiger partial charge in [-0.15, -0.1) is 0 Å². The van der Waals surface area contributed by atoms with Gasteiger partial charge >= 0.3 is 6.18 Å². The molecule has 1 aliphatic rings. The van der Waals surface area contributed by atoms with Gasteiger partial charge in [-0.25, -0.2) is 4.98 Å². The molecule has 1 aliphatic heterocycles. The van der Waals surface area contributed by atoms with Gasteiger partial charge in [-0.3, -0.25) is 4.79 Å². The lowest BCUT2D eigenvalue weighted by Crippen LogP contribution is -2.34. The number of hydrogen-bond donors (Lipinski definition) is 0. The Bertz CT molecular complexity index is 864. The fourth-order valence-corrected chi connectivity index (χ4v) is 3.16. The molecule has 1 amide bonds. The summed E-state index contributed by atoms with van der Waals surface area (Å²) in [6, 6.07) is 6.37. The van der Waals surface area contributed by atoms with Gasteiger partial charge in [0, 0.05) is 30.3 Å². The molecule has 0 radical (unpaired) electrons. The van der Waals surface area contributed by atoms with Crippen molar-refractivity contribution in [2.45, 2.75) is 18.7 Å². The Balaban J connectivity index is 1.53. The Labute approximate surface area is 169 Å². The third-order valence-corrected chi connectivity index (χ3v) is 4.62. The lowest BCUT2D eigenvalue weighted by molar-refractivity contribution is -0.137. The number of rotatable bonds is 5. The average molecular weight is 435 g/mol. The number of nitrogens with zero attached hydrogens (tertiary/aromatic N) is 2. The van der Waals surface area contributed by atoms with Crippen molar-refractivity contribution in [3.05, 3.63) is 52.1 Å². The van der Waals surface area contributed by atoms with E-state index in [4.69, 9.17) is 32.7 Å². The molecule has 3 rings (SSSR count). The van der Waals surface area contributed by atoms with Crippen LogP contribution in [0.15, 0.2) is 36.5 Å². The lowest BCUT2D eigenvalue weighted by atomic mass is 10.2. The van der Waals surface area contributed by atoms with E-state index in [2.05, 4.69) is 4.98 Å². The monoisotopic (exact) mass is 434 g/mol. The number of hydrogen-bond acceptors (Lipinski definition) is 4. The van der Waals surface area contributed by atoms with E-state index in [1.807, 2.05) is 0 Å². The molecule has 0 bridgehead atoms. The first-order chi connectivity index (χ1) is 13.2. The summed E-state index contributed by atoms with van der Waals surface area (Å²) >= 11 is 11.8. The molecule has 10 heteroatoms. The number of ether oxygens (including phenoxy) is 2. The lowest BCUT2D eigenvalue weighted by Gasteiger charge is -2.18. The normalized spacial score (nSPS) is 16.9. The van der Waals surface area contributed by atoms with E-state index in [0.717, 1.165) is 18.3 Å². The maximum absolute atomic E-state index is 12.8. The van der Waals surface area contributed by atoms with E-state index in [1.165, 1.54) is 11.0 Å². The maximum Gasteiger partial charge on any atom is 0.416 e. The van der Waals surface area contributed by atoms with Crippen LogP contribution < -0.4 is 9.47 Å². The zero-order chi connectivity index (χ0) is 20.3. The van der Waals surface area contributed by atoms with E-state index >= 15 is 0 Å². The Morgan fingerprint density at radius 3 is 2.75 bits per heavy atom. The Morgan fingerprint density at radius 1 is 1.25 bits per heavy atom. The quantitative estimate of drug-likeness (QED) is 0.696. The third-order valence-electron chi connectivity index (χ3n) is 4.09. The van der Waals surface area contributed by atoms with Crippen LogP contribution in [0.5, 0.6) is 11.6 Å². The highest BCUT2D eigenvalue weighted by Gasteiger charge is 2.32. The van der Waals surface area contributed by atoms with E-state index < -0.39 is 17.8 Å².